The fourth-order valence-corrected chi connectivity index (χ4v) is 3.58. The van der Waals surface area contributed by atoms with Crippen LogP contribution in [0.2, 0.25) is 0 Å². The molecule has 0 unspecified atom stereocenters. The van der Waals surface area contributed by atoms with Gasteiger partial charge in [-0.3, -0.25) is 9.20 Å². The van der Waals surface area contributed by atoms with E-state index >= 15 is 0 Å². The Kier molecular flexibility index (Phi) is 3.04. The Balaban J connectivity index is 1.83. The number of pyridine rings is 1. The maximum atomic E-state index is 12.4. The van der Waals surface area contributed by atoms with Crippen LogP contribution in [0.25, 0.3) is 5.65 Å². The number of hydrogen-bond donors (Lipinski definition) is 0. The van der Waals surface area contributed by atoms with Crippen molar-refractivity contribution in [1.82, 2.24) is 9.38 Å². The molecule has 1 aromatic carbocycles. The molecule has 2 aromatic heterocycles. The molecule has 0 spiro atoms. The number of aryl methyl sites for hydroxylation is 1. The van der Waals surface area contributed by atoms with Gasteiger partial charge < -0.3 is 4.90 Å². The van der Waals surface area contributed by atoms with Gasteiger partial charge in [-0.05, 0) is 45.6 Å². The lowest BCUT2D eigenvalue weighted by Crippen LogP contribution is -2.22. The number of halogens is 1. The van der Waals surface area contributed by atoms with Gasteiger partial charge in [0.25, 0.3) is 5.56 Å². The Morgan fingerprint density at radius 1 is 1.14 bits per heavy atom. The third-order valence-electron chi connectivity index (χ3n) is 4.00. The van der Waals surface area contributed by atoms with Crippen LogP contribution in [-0.4, -0.2) is 9.38 Å². The van der Waals surface area contributed by atoms with E-state index in [4.69, 9.17) is 0 Å². The average molecular weight is 356 g/mol. The van der Waals surface area contributed by atoms with Crippen molar-refractivity contribution in [2.75, 3.05) is 4.90 Å². The minimum Gasteiger partial charge on any atom is -0.348 e. The summed E-state index contributed by atoms with van der Waals surface area (Å²) in [4.78, 5) is 19.2. The lowest BCUT2D eigenvalue weighted by Gasteiger charge is -2.17. The highest BCUT2D eigenvalue weighted by atomic mass is 79.9. The fourth-order valence-electron chi connectivity index (χ4n) is 2.93. The Bertz CT molecular complexity index is 923. The molecule has 0 atom stereocenters. The van der Waals surface area contributed by atoms with Crippen molar-refractivity contribution in [3.63, 3.8) is 0 Å². The quantitative estimate of drug-likeness (QED) is 0.672. The van der Waals surface area contributed by atoms with Crippen LogP contribution in [0.5, 0.6) is 0 Å². The molecule has 0 radical (unpaired) electrons. The van der Waals surface area contributed by atoms with Gasteiger partial charge in [0.2, 0.25) is 0 Å². The van der Waals surface area contributed by atoms with Gasteiger partial charge in [-0.2, -0.15) is 0 Å². The Morgan fingerprint density at radius 3 is 2.50 bits per heavy atom. The summed E-state index contributed by atoms with van der Waals surface area (Å²) < 4.78 is 2.43. The van der Waals surface area contributed by atoms with Gasteiger partial charge >= 0.3 is 0 Å². The molecule has 0 bridgehead atoms. The maximum absolute atomic E-state index is 12.4. The molecular weight excluding hydrogens is 342 g/mol. The molecule has 3 aromatic rings. The van der Waals surface area contributed by atoms with Gasteiger partial charge in [0.05, 0.1) is 4.47 Å². The molecule has 5 heteroatoms. The van der Waals surface area contributed by atoms with Crippen molar-refractivity contribution in [1.29, 1.82) is 0 Å². The van der Waals surface area contributed by atoms with Gasteiger partial charge in [0.15, 0.2) is 5.65 Å². The van der Waals surface area contributed by atoms with Crippen molar-refractivity contribution in [2.24, 2.45) is 0 Å². The van der Waals surface area contributed by atoms with E-state index in [-0.39, 0.29) is 5.56 Å². The Hall–Kier alpha value is -2.14. The molecule has 0 fully saturated rings. The van der Waals surface area contributed by atoms with Crippen molar-refractivity contribution < 1.29 is 0 Å². The first kappa shape index (κ1) is 13.5. The highest BCUT2D eigenvalue weighted by Gasteiger charge is 2.20. The van der Waals surface area contributed by atoms with Crippen molar-refractivity contribution in [3.05, 3.63) is 74.1 Å². The van der Waals surface area contributed by atoms with Crippen LogP contribution >= 0.6 is 15.9 Å². The molecule has 110 valence electrons. The van der Waals surface area contributed by atoms with Crippen molar-refractivity contribution >= 4 is 27.4 Å². The second-order valence-corrected chi connectivity index (χ2v) is 6.49. The molecule has 0 aliphatic carbocycles. The number of rotatable bonds is 1. The molecule has 4 nitrogen and oxygen atoms in total. The zero-order valence-electron chi connectivity index (χ0n) is 12.1. The van der Waals surface area contributed by atoms with Gasteiger partial charge in [0, 0.05) is 25.4 Å². The second-order valence-electron chi connectivity index (χ2n) is 5.64. The third kappa shape index (κ3) is 2.13. The number of nitrogens with zero attached hydrogens (tertiary/aromatic N) is 3. The van der Waals surface area contributed by atoms with Gasteiger partial charge in [-0.15, -0.1) is 0 Å². The summed E-state index contributed by atoms with van der Waals surface area (Å²) in [7, 11) is 0. The van der Waals surface area contributed by atoms with Crippen LogP contribution in [0.4, 0.5) is 5.82 Å². The highest BCUT2D eigenvalue weighted by Crippen LogP contribution is 2.27. The zero-order chi connectivity index (χ0) is 15.3. The van der Waals surface area contributed by atoms with Gasteiger partial charge in [0.1, 0.15) is 5.82 Å². The highest BCUT2D eigenvalue weighted by molar-refractivity contribution is 9.10. The van der Waals surface area contributed by atoms with Crippen LogP contribution in [0.1, 0.15) is 16.7 Å². The molecule has 0 saturated heterocycles. The van der Waals surface area contributed by atoms with E-state index < -0.39 is 0 Å². The van der Waals surface area contributed by atoms with Crippen molar-refractivity contribution in [2.45, 2.75) is 20.0 Å². The Labute approximate surface area is 136 Å². The van der Waals surface area contributed by atoms with E-state index in [0.29, 0.717) is 5.65 Å². The number of benzene rings is 1. The fraction of sp³-hybridized carbons (Fsp3) is 0.176. The third-order valence-corrected chi connectivity index (χ3v) is 4.59. The summed E-state index contributed by atoms with van der Waals surface area (Å²) >= 11 is 3.51. The van der Waals surface area contributed by atoms with E-state index in [1.807, 2.05) is 31.3 Å². The van der Waals surface area contributed by atoms with Crippen LogP contribution in [0.15, 0.2) is 51.9 Å². The first-order chi connectivity index (χ1) is 10.6. The van der Waals surface area contributed by atoms with Crippen LogP contribution in [0.3, 0.4) is 0 Å². The number of aromatic nitrogens is 2. The van der Waals surface area contributed by atoms with Gasteiger partial charge in [-0.1, -0.05) is 24.3 Å². The van der Waals surface area contributed by atoms with Crippen LogP contribution in [-0.2, 0) is 13.1 Å². The largest absolute Gasteiger partial charge is 0.348 e. The molecule has 3 heterocycles. The van der Waals surface area contributed by atoms with E-state index in [2.05, 4.69) is 37.9 Å². The minimum absolute atomic E-state index is 0.0552. The summed E-state index contributed by atoms with van der Waals surface area (Å²) in [6.45, 7) is 3.55. The normalized spacial score (nSPS) is 13.6. The molecule has 1 aliphatic rings. The lowest BCUT2D eigenvalue weighted by molar-refractivity contribution is 0.848. The van der Waals surface area contributed by atoms with E-state index in [1.165, 1.54) is 11.1 Å². The SMILES string of the molecule is Cc1cc(Br)c2nc(N3Cc4ccccc4C3)cc(=O)n2c1. The smallest absolute Gasteiger partial charge is 0.259 e. The molecule has 0 saturated carbocycles. The molecule has 1 aliphatic heterocycles. The predicted molar refractivity (Wildman–Crippen MR) is 90.2 cm³/mol. The summed E-state index contributed by atoms with van der Waals surface area (Å²) in [6, 6.07) is 11.9. The zero-order valence-corrected chi connectivity index (χ0v) is 13.7. The van der Waals surface area contributed by atoms with Crippen molar-refractivity contribution in [3.8, 4) is 0 Å². The van der Waals surface area contributed by atoms with E-state index in [9.17, 15) is 4.79 Å². The number of hydrogen-bond acceptors (Lipinski definition) is 3. The minimum atomic E-state index is -0.0552. The monoisotopic (exact) mass is 355 g/mol. The summed E-state index contributed by atoms with van der Waals surface area (Å²) in [6.07, 6.45) is 1.82. The van der Waals surface area contributed by atoms with E-state index in [1.54, 1.807) is 10.5 Å². The van der Waals surface area contributed by atoms with E-state index in [0.717, 1.165) is 28.9 Å². The first-order valence-electron chi connectivity index (χ1n) is 7.13. The second kappa shape index (κ2) is 4.95. The summed E-state index contributed by atoms with van der Waals surface area (Å²) in [5, 5.41) is 0. The molecular formula is C17H14BrN3O. The van der Waals surface area contributed by atoms with Crippen LogP contribution in [0, 0.1) is 6.92 Å². The maximum Gasteiger partial charge on any atom is 0.259 e. The van der Waals surface area contributed by atoms with Gasteiger partial charge in [-0.25, -0.2) is 4.98 Å². The number of fused-ring (bicyclic) bond motifs is 2. The molecule has 22 heavy (non-hydrogen) atoms. The average Bonchev–Trinajstić information content (AvgIpc) is 2.92. The van der Waals surface area contributed by atoms with Crippen LogP contribution < -0.4 is 10.5 Å². The standard InChI is InChI=1S/C17H14BrN3O/c1-11-6-14(18)17-19-15(7-16(22)21(17)8-11)20-9-12-4-2-3-5-13(12)10-20/h2-8H,9-10H2,1H3. The summed E-state index contributed by atoms with van der Waals surface area (Å²) in [5.41, 5.74) is 4.22. The predicted octanol–water partition coefficient (Wildman–Crippen LogP) is 3.29. The topological polar surface area (TPSA) is 37.6 Å². The number of anilines is 1. The molecule has 4 rings (SSSR count). The molecule has 0 N–H and O–H groups in total. The lowest BCUT2D eigenvalue weighted by atomic mass is 10.1. The summed E-state index contributed by atoms with van der Waals surface area (Å²) in [5.74, 6) is 0.728. The Morgan fingerprint density at radius 2 is 1.82 bits per heavy atom. The first-order valence-corrected chi connectivity index (χ1v) is 7.92. The molecule has 0 amide bonds.